The smallest absolute Gasteiger partial charge is 0.308 e. The molecule has 1 aromatic rings. The largest absolute Gasteiger partial charge is 0.481 e. The van der Waals surface area contributed by atoms with Crippen LogP contribution in [0.15, 0.2) is 24.3 Å². The molecule has 4 rings (SSSR count). The molecule has 0 aliphatic heterocycles. The van der Waals surface area contributed by atoms with E-state index in [0.717, 1.165) is 5.56 Å². The van der Waals surface area contributed by atoms with Crippen LogP contribution in [0.1, 0.15) is 29.4 Å². The van der Waals surface area contributed by atoms with Crippen molar-refractivity contribution >= 4 is 17.7 Å². The fourth-order valence-corrected chi connectivity index (χ4v) is 3.55. The number of ketones is 1. The first-order valence-corrected chi connectivity index (χ1v) is 6.09. The van der Waals surface area contributed by atoms with Crippen molar-refractivity contribution in [2.45, 2.75) is 18.3 Å². The van der Waals surface area contributed by atoms with Crippen molar-refractivity contribution in [2.24, 2.45) is 11.8 Å². The number of carboxylic acid groups (broad SMARTS) is 2. The van der Waals surface area contributed by atoms with Crippen LogP contribution in [0, 0.1) is 11.8 Å². The molecule has 4 atom stereocenters. The maximum Gasteiger partial charge on any atom is 0.308 e. The van der Waals surface area contributed by atoms with Gasteiger partial charge in [0.25, 0.3) is 0 Å². The van der Waals surface area contributed by atoms with Crippen molar-refractivity contribution in [3.63, 3.8) is 0 Å². The zero-order chi connectivity index (χ0) is 13.7. The van der Waals surface area contributed by atoms with Crippen molar-refractivity contribution < 1.29 is 24.6 Å². The van der Waals surface area contributed by atoms with Gasteiger partial charge in [-0.05, 0) is 11.1 Å². The number of fused-ring (bicyclic) bond motifs is 2. The van der Waals surface area contributed by atoms with E-state index < -0.39 is 35.6 Å². The first kappa shape index (κ1) is 11.9. The third-order valence-electron chi connectivity index (χ3n) is 4.25. The summed E-state index contributed by atoms with van der Waals surface area (Å²) in [6.45, 7) is 0. The molecule has 2 bridgehead atoms. The highest BCUT2D eigenvalue weighted by molar-refractivity contribution is 5.98. The minimum atomic E-state index is -1.20. The fourth-order valence-electron chi connectivity index (χ4n) is 3.55. The number of hydrogen-bond donors (Lipinski definition) is 2. The molecule has 3 aliphatic carbocycles. The van der Waals surface area contributed by atoms with Crippen LogP contribution in [0.3, 0.4) is 0 Å². The Balaban J connectivity index is 2.22. The molecule has 19 heavy (non-hydrogen) atoms. The summed E-state index contributed by atoms with van der Waals surface area (Å²) in [5.41, 5.74) is 1.51. The predicted octanol–water partition coefficient (Wildman–Crippen LogP) is 1.24. The zero-order valence-corrected chi connectivity index (χ0v) is 9.95. The maximum atomic E-state index is 12.0. The second-order valence-electron chi connectivity index (χ2n) is 5.11. The second-order valence-corrected chi connectivity index (χ2v) is 5.11. The summed E-state index contributed by atoms with van der Waals surface area (Å²) in [5.74, 6) is -6.01. The van der Waals surface area contributed by atoms with Gasteiger partial charge in [-0.25, -0.2) is 0 Å². The number of rotatable bonds is 2. The lowest BCUT2D eigenvalue weighted by Gasteiger charge is -2.44. The average molecular weight is 260 g/mol. The molecule has 0 heterocycles. The highest BCUT2D eigenvalue weighted by Crippen LogP contribution is 2.54. The van der Waals surface area contributed by atoms with E-state index in [1.807, 2.05) is 0 Å². The Morgan fingerprint density at radius 1 is 1.00 bits per heavy atom. The molecule has 0 saturated heterocycles. The van der Waals surface area contributed by atoms with Crippen LogP contribution in [0.2, 0.25) is 0 Å². The summed E-state index contributed by atoms with van der Waals surface area (Å²) in [5, 5.41) is 18.6. The lowest BCUT2D eigenvalue weighted by atomic mass is 9.56. The van der Waals surface area contributed by atoms with E-state index >= 15 is 0 Å². The standard InChI is InChI=1S/C14H12O5/c15-9-5-8-6-3-1-2-4-7(6)10(9)12(14(18)19)11(8)13(16)17/h1-4,8,10-12H,5H2,(H,16,17)(H,18,19)/t8-,10+,11-,12+/m0/s1. The average Bonchev–Trinajstić information content (AvgIpc) is 2.37. The van der Waals surface area contributed by atoms with Gasteiger partial charge >= 0.3 is 11.9 Å². The van der Waals surface area contributed by atoms with Crippen LogP contribution in [0.25, 0.3) is 0 Å². The summed E-state index contributed by atoms with van der Waals surface area (Å²) in [6, 6.07) is 7.08. The van der Waals surface area contributed by atoms with E-state index in [4.69, 9.17) is 0 Å². The van der Waals surface area contributed by atoms with Crippen LogP contribution in [-0.2, 0) is 14.4 Å². The van der Waals surface area contributed by atoms with Crippen LogP contribution in [0.4, 0.5) is 0 Å². The van der Waals surface area contributed by atoms with Crippen LogP contribution in [-0.4, -0.2) is 27.9 Å². The van der Waals surface area contributed by atoms with Crippen molar-refractivity contribution in [3.05, 3.63) is 35.4 Å². The minimum Gasteiger partial charge on any atom is -0.481 e. The van der Waals surface area contributed by atoms with Gasteiger partial charge in [0.15, 0.2) is 0 Å². The fraction of sp³-hybridized carbons (Fsp3) is 0.357. The third-order valence-corrected chi connectivity index (χ3v) is 4.25. The lowest BCUT2D eigenvalue weighted by Crippen LogP contribution is -2.49. The molecule has 0 aromatic heterocycles. The molecular weight excluding hydrogens is 248 g/mol. The van der Waals surface area contributed by atoms with Crippen molar-refractivity contribution in [3.8, 4) is 0 Å². The summed E-state index contributed by atoms with van der Waals surface area (Å²) < 4.78 is 0. The maximum absolute atomic E-state index is 12.0. The number of aliphatic carboxylic acids is 2. The lowest BCUT2D eigenvalue weighted by molar-refractivity contribution is -0.160. The molecule has 2 N–H and O–H groups in total. The number of carbonyl (C=O) groups excluding carboxylic acids is 1. The van der Waals surface area contributed by atoms with Gasteiger partial charge < -0.3 is 10.2 Å². The number of hydrogen-bond acceptors (Lipinski definition) is 3. The van der Waals surface area contributed by atoms with Gasteiger partial charge in [0.05, 0.1) is 17.8 Å². The van der Waals surface area contributed by atoms with Crippen molar-refractivity contribution in [2.75, 3.05) is 0 Å². The van der Waals surface area contributed by atoms with Gasteiger partial charge in [-0.15, -0.1) is 0 Å². The third kappa shape index (κ3) is 1.51. The van der Waals surface area contributed by atoms with E-state index in [0.29, 0.717) is 5.56 Å². The van der Waals surface area contributed by atoms with Crippen molar-refractivity contribution in [1.82, 2.24) is 0 Å². The Kier molecular flexibility index (Phi) is 2.45. The highest BCUT2D eigenvalue weighted by Gasteiger charge is 2.56. The van der Waals surface area contributed by atoms with Crippen molar-refractivity contribution in [1.29, 1.82) is 0 Å². The predicted molar refractivity (Wildman–Crippen MR) is 63.8 cm³/mol. The van der Waals surface area contributed by atoms with Gasteiger partial charge in [0.2, 0.25) is 0 Å². The van der Waals surface area contributed by atoms with Crippen LogP contribution in [0.5, 0.6) is 0 Å². The summed E-state index contributed by atoms with van der Waals surface area (Å²) in [4.78, 5) is 34.8. The molecule has 98 valence electrons. The van der Waals surface area contributed by atoms with Gasteiger partial charge in [-0.3, -0.25) is 14.4 Å². The Morgan fingerprint density at radius 3 is 2.16 bits per heavy atom. The summed E-state index contributed by atoms with van der Waals surface area (Å²) in [6.07, 6.45) is 0.127. The van der Waals surface area contributed by atoms with Crippen LogP contribution < -0.4 is 0 Å². The Labute approximate surface area is 108 Å². The van der Waals surface area contributed by atoms with E-state index in [2.05, 4.69) is 0 Å². The van der Waals surface area contributed by atoms with E-state index in [1.54, 1.807) is 24.3 Å². The SMILES string of the molecule is O=C(O)[C@@H]1[C@H](C(=O)O)[C@H]2C(=O)C[C@H]1c1ccccc12. The van der Waals surface area contributed by atoms with E-state index in [-0.39, 0.29) is 12.2 Å². The highest BCUT2D eigenvalue weighted by atomic mass is 16.4. The monoisotopic (exact) mass is 260 g/mol. The molecule has 1 fully saturated rings. The first-order valence-electron chi connectivity index (χ1n) is 6.09. The molecule has 3 aliphatic rings. The molecular formula is C14H12O5. The zero-order valence-electron chi connectivity index (χ0n) is 9.95. The van der Waals surface area contributed by atoms with E-state index in [1.165, 1.54) is 0 Å². The Bertz CT molecular complexity index is 591. The molecule has 0 spiro atoms. The Morgan fingerprint density at radius 2 is 1.58 bits per heavy atom. The molecule has 1 aromatic carbocycles. The molecule has 0 amide bonds. The Hall–Kier alpha value is -2.17. The van der Waals surface area contributed by atoms with Gasteiger partial charge in [-0.1, -0.05) is 24.3 Å². The number of benzene rings is 1. The topological polar surface area (TPSA) is 91.7 Å². The molecule has 0 radical (unpaired) electrons. The summed E-state index contributed by atoms with van der Waals surface area (Å²) in [7, 11) is 0. The first-order chi connectivity index (χ1) is 9.02. The molecule has 0 unspecified atom stereocenters. The number of carboxylic acids is 2. The van der Waals surface area contributed by atoms with Crippen LogP contribution >= 0.6 is 0 Å². The number of carbonyl (C=O) groups is 3. The molecule has 5 heteroatoms. The second kappa shape index (κ2) is 3.91. The molecule has 5 nitrogen and oxygen atoms in total. The number of Topliss-reactive ketones (excluding diaryl/α,β-unsaturated/α-hetero) is 1. The van der Waals surface area contributed by atoms with Gasteiger partial charge in [0, 0.05) is 12.3 Å². The minimum absolute atomic E-state index is 0.127. The summed E-state index contributed by atoms with van der Waals surface area (Å²) >= 11 is 0. The molecule has 1 saturated carbocycles. The van der Waals surface area contributed by atoms with E-state index in [9.17, 15) is 24.6 Å². The van der Waals surface area contributed by atoms with Gasteiger partial charge in [0.1, 0.15) is 5.78 Å². The normalized spacial score (nSPS) is 31.9. The quantitative estimate of drug-likeness (QED) is 0.834. The van der Waals surface area contributed by atoms with Gasteiger partial charge in [-0.2, -0.15) is 0 Å².